The highest BCUT2D eigenvalue weighted by molar-refractivity contribution is 5.36. The van der Waals surface area contributed by atoms with Gasteiger partial charge in [0.25, 0.3) is 6.47 Å². The van der Waals surface area contributed by atoms with Gasteiger partial charge in [0.05, 0.1) is 13.2 Å². The highest BCUT2D eigenvalue weighted by atomic mass is 16.5. The number of carbonyl (C=O) groups excluding carboxylic acids is 1. The van der Waals surface area contributed by atoms with Gasteiger partial charge in [-0.2, -0.15) is 0 Å². The number of ether oxygens (including phenoxy) is 3. The highest BCUT2D eigenvalue weighted by Gasteiger charge is 1.93. The first kappa shape index (κ1) is 13.5. The van der Waals surface area contributed by atoms with Crippen molar-refractivity contribution in [1.29, 1.82) is 0 Å². The van der Waals surface area contributed by atoms with Crippen LogP contribution in [0.15, 0.2) is 30.3 Å². The number of hydrogen-bond acceptors (Lipinski definition) is 4. The van der Waals surface area contributed by atoms with E-state index in [0.29, 0.717) is 32.9 Å². The van der Waals surface area contributed by atoms with Gasteiger partial charge < -0.3 is 14.2 Å². The summed E-state index contributed by atoms with van der Waals surface area (Å²) in [6.45, 7) is 2.79. The van der Waals surface area contributed by atoms with Gasteiger partial charge >= 0.3 is 0 Å². The quantitative estimate of drug-likeness (QED) is 0.462. The second-order valence-corrected chi connectivity index (χ2v) is 3.45. The van der Waals surface area contributed by atoms with Gasteiger partial charge in [0.1, 0.15) is 5.75 Å². The zero-order chi connectivity index (χ0) is 12.2. The van der Waals surface area contributed by atoms with Crippen LogP contribution in [0.2, 0.25) is 0 Å². The second kappa shape index (κ2) is 9.66. The van der Waals surface area contributed by atoms with E-state index in [1.165, 1.54) is 0 Å². The van der Waals surface area contributed by atoms with Crippen LogP contribution in [0.3, 0.4) is 0 Å². The summed E-state index contributed by atoms with van der Waals surface area (Å²) in [7, 11) is 0. The lowest BCUT2D eigenvalue weighted by molar-refractivity contribution is -0.129. The van der Waals surface area contributed by atoms with Gasteiger partial charge in [-0.25, -0.2) is 0 Å². The summed E-state index contributed by atoms with van der Waals surface area (Å²) in [4.78, 5) is 9.83. The predicted molar refractivity (Wildman–Crippen MR) is 64.0 cm³/mol. The third-order valence-electron chi connectivity index (χ3n) is 2.06. The molecule has 0 saturated carbocycles. The standard InChI is InChI=1S/C13H18O4/c14-12-16-10-4-8-15-9-5-11-17-13-6-2-1-3-7-13/h1-3,6-7,12H,4-5,8-11H2. The van der Waals surface area contributed by atoms with Crippen LogP contribution in [0, 0.1) is 0 Å². The summed E-state index contributed by atoms with van der Waals surface area (Å²) >= 11 is 0. The van der Waals surface area contributed by atoms with Gasteiger partial charge in [-0.05, 0) is 12.1 Å². The molecule has 0 aliphatic heterocycles. The molecule has 0 heterocycles. The van der Waals surface area contributed by atoms with Crippen LogP contribution in [0.5, 0.6) is 5.75 Å². The Balaban J connectivity index is 1.86. The van der Waals surface area contributed by atoms with Crippen molar-refractivity contribution in [2.75, 3.05) is 26.4 Å². The first-order valence-electron chi connectivity index (χ1n) is 5.74. The van der Waals surface area contributed by atoms with Crippen LogP contribution in [-0.4, -0.2) is 32.9 Å². The Morgan fingerprint density at radius 3 is 2.35 bits per heavy atom. The fraction of sp³-hybridized carbons (Fsp3) is 0.462. The maximum atomic E-state index is 9.83. The lowest BCUT2D eigenvalue weighted by Crippen LogP contribution is -2.05. The lowest BCUT2D eigenvalue weighted by Gasteiger charge is -2.06. The SMILES string of the molecule is O=COCCCOCCCOc1ccccc1. The molecule has 0 unspecified atom stereocenters. The van der Waals surface area contributed by atoms with Crippen molar-refractivity contribution in [2.45, 2.75) is 12.8 Å². The van der Waals surface area contributed by atoms with Crippen molar-refractivity contribution in [2.24, 2.45) is 0 Å². The van der Waals surface area contributed by atoms with Crippen LogP contribution in [0.1, 0.15) is 12.8 Å². The lowest BCUT2D eigenvalue weighted by atomic mass is 10.3. The predicted octanol–water partition coefficient (Wildman–Crippen LogP) is 2.04. The molecular weight excluding hydrogens is 220 g/mol. The summed E-state index contributed by atoms with van der Waals surface area (Å²) in [5.74, 6) is 0.881. The molecule has 0 aromatic heterocycles. The molecule has 0 N–H and O–H groups in total. The normalized spacial score (nSPS) is 9.88. The fourth-order valence-corrected chi connectivity index (χ4v) is 1.26. The molecule has 1 aromatic rings. The van der Waals surface area contributed by atoms with E-state index < -0.39 is 0 Å². The van der Waals surface area contributed by atoms with Crippen LogP contribution < -0.4 is 4.74 Å². The molecule has 0 aliphatic rings. The Bertz CT molecular complexity index is 287. The van der Waals surface area contributed by atoms with E-state index in [0.717, 1.165) is 18.6 Å². The molecule has 0 aliphatic carbocycles. The average Bonchev–Trinajstić information content (AvgIpc) is 2.38. The molecule has 0 amide bonds. The molecule has 1 aromatic carbocycles. The van der Waals surface area contributed by atoms with E-state index >= 15 is 0 Å². The zero-order valence-corrected chi connectivity index (χ0v) is 9.84. The summed E-state index contributed by atoms with van der Waals surface area (Å²) in [5.41, 5.74) is 0. The minimum atomic E-state index is 0.421. The minimum absolute atomic E-state index is 0.421. The maximum Gasteiger partial charge on any atom is 0.293 e. The highest BCUT2D eigenvalue weighted by Crippen LogP contribution is 2.08. The summed E-state index contributed by atoms with van der Waals surface area (Å²) in [6, 6.07) is 9.70. The van der Waals surface area contributed by atoms with Crippen molar-refractivity contribution < 1.29 is 19.0 Å². The maximum absolute atomic E-state index is 9.83. The Hall–Kier alpha value is -1.55. The van der Waals surface area contributed by atoms with Gasteiger partial charge in [0.15, 0.2) is 0 Å². The Morgan fingerprint density at radius 2 is 1.65 bits per heavy atom. The van der Waals surface area contributed by atoms with Crippen LogP contribution >= 0.6 is 0 Å². The van der Waals surface area contributed by atoms with E-state index in [9.17, 15) is 4.79 Å². The number of hydrogen-bond donors (Lipinski definition) is 0. The van der Waals surface area contributed by atoms with E-state index in [1.54, 1.807) is 0 Å². The molecule has 4 nitrogen and oxygen atoms in total. The van der Waals surface area contributed by atoms with Gasteiger partial charge in [0.2, 0.25) is 0 Å². The second-order valence-electron chi connectivity index (χ2n) is 3.45. The zero-order valence-electron chi connectivity index (χ0n) is 9.84. The first-order chi connectivity index (χ1) is 8.43. The van der Waals surface area contributed by atoms with Gasteiger partial charge in [-0.1, -0.05) is 18.2 Å². The summed E-state index contributed by atoms with van der Waals surface area (Å²) in [5, 5.41) is 0. The molecule has 94 valence electrons. The Kier molecular flexibility index (Phi) is 7.68. The number of benzene rings is 1. The topological polar surface area (TPSA) is 44.8 Å². The van der Waals surface area contributed by atoms with Gasteiger partial charge in [-0.15, -0.1) is 0 Å². The molecule has 0 atom stereocenters. The van der Waals surface area contributed by atoms with E-state index in [1.807, 2.05) is 30.3 Å². The van der Waals surface area contributed by atoms with Crippen molar-refractivity contribution >= 4 is 6.47 Å². The minimum Gasteiger partial charge on any atom is -0.494 e. The van der Waals surface area contributed by atoms with Crippen molar-refractivity contribution in [3.8, 4) is 5.75 Å². The third kappa shape index (κ3) is 7.36. The molecule has 4 heteroatoms. The smallest absolute Gasteiger partial charge is 0.293 e. The Morgan fingerprint density at radius 1 is 0.941 bits per heavy atom. The van der Waals surface area contributed by atoms with E-state index in [-0.39, 0.29) is 0 Å². The largest absolute Gasteiger partial charge is 0.494 e. The van der Waals surface area contributed by atoms with Gasteiger partial charge in [0, 0.05) is 26.1 Å². The Labute approximate surface area is 101 Å². The number of rotatable bonds is 10. The van der Waals surface area contributed by atoms with Crippen LogP contribution in [-0.2, 0) is 14.3 Å². The molecule has 17 heavy (non-hydrogen) atoms. The third-order valence-corrected chi connectivity index (χ3v) is 2.06. The van der Waals surface area contributed by atoms with Gasteiger partial charge in [-0.3, -0.25) is 4.79 Å². The molecule has 0 bridgehead atoms. The van der Waals surface area contributed by atoms with Crippen LogP contribution in [0.25, 0.3) is 0 Å². The molecule has 0 spiro atoms. The first-order valence-corrected chi connectivity index (χ1v) is 5.74. The molecule has 0 radical (unpaired) electrons. The van der Waals surface area contributed by atoms with E-state index in [2.05, 4.69) is 4.74 Å². The molecule has 1 rings (SSSR count). The van der Waals surface area contributed by atoms with Crippen molar-refractivity contribution in [3.05, 3.63) is 30.3 Å². The molecular formula is C13H18O4. The van der Waals surface area contributed by atoms with Crippen molar-refractivity contribution in [3.63, 3.8) is 0 Å². The number of carbonyl (C=O) groups is 1. The fourth-order valence-electron chi connectivity index (χ4n) is 1.26. The average molecular weight is 238 g/mol. The summed E-state index contributed by atoms with van der Waals surface area (Å²) in [6.07, 6.45) is 1.59. The van der Waals surface area contributed by atoms with E-state index in [4.69, 9.17) is 9.47 Å². The summed E-state index contributed by atoms with van der Waals surface area (Å²) < 4.78 is 15.4. The molecule has 0 saturated heterocycles. The van der Waals surface area contributed by atoms with Crippen molar-refractivity contribution in [1.82, 2.24) is 0 Å². The molecule has 0 fully saturated rings. The monoisotopic (exact) mass is 238 g/mol. The van der Waals surface area contributed by atoms with Crippen LogP contribution in [0.4, 0.5) is 0 Å². The number of para-hydroxylation sites is 1.